The van der Waals surface area contributed by atoms with Crippen molar-refractivity contribution in [3.05, 3.63) is 0 Å². The molecule has 2 heteroatoms. The molecule has 0 radical (unpaired) electrons. The van der Waals surface area contributed by atoms with E-state index in [4.69, 9.17) is 0 Å². The first-order valence-electron chi connectivity index (χ1n) is 9.41. The van der Waals surface area contributed by atoms with Crippen LogP contribution in [0.2, 0.25) is 0 Å². The molecule has 132 valence electrons. The van der Waals surface area contributed by atoms with Crippen LogP contribution in [-0.2, 0) is 0 Å². The van der Waals surface area contributed by atoms with Crippen molar-refractivity contribution >= 4 is 24.0 Å². The van der Waals surface area contributed by atoms with Crippen LogP contribution < -0.4 is 6.15 Å². The Morgan fingerprint density at radius 1 is 0.333 bits per heavy atom. The van der Waals surface area contributed by atoms with E-state index in [0.29, 0.717) is 0 Å². The van der Waals surface area contributed by atoms with Crippen LogP contribution in [0.4, 0.5) is 0 Å². The van der Waals surface area contributed by atoms with E-state index in [0.717, 1.165) is 0 Å². The zero-order chi connectivity index (χ0) is 14.0. The Kier molecular flexibility index (Phi) is 32.4. The van der Waals surface area contributed by atoms with Crippen molar-refractivity contribution in [2.75, 3.05) is 0 Å². The fourth-order valence-corrected chi connectivity index (χ4v) is 2.80. The average Bonchev–Trinajstić information content (AvgIpc) is 2.43. The SMILES string of the molecule is CCCCCCCCCCCCCCCCCCC.I.N. The molecule has 0 aromatic rings. The van der Waals surface area contributed by atoms with Gasteiger partial charge in [0.1, 0.15) is 0 Å². The lowest BCUT2D eigenvalue weighted by Gasteiger charge is -2.03. The second-order valence-corrected chi connectivity index (χ2v) is 6.30. The molecule has 0 unspecified atom stereocenters. The van der Waals surface area contributed by atoms with E-state index in [1.807, 2.05) is 0 Å². The van der Waals surface area contributed by atoms with Gasteiger partial charge in [0.25, 0.3) is 0 Å². The summed E-state index contributed by atoms with van der Waals surface area (Å²) in [6, 6.07) is 0. The summed E-state index contributed by atoms with van der Waals surface area (Å²) < 4.78 is 0. The van der Waals surface area contributed by atoms with Gasteiger partial charge in [0.2, 0.25) is 0 Å². The molecule has 0 saturated heterocycles. The van der Waals surface area contributed by atoms with E-state index >= 15 is 0 Å². The van der Waals surface area contributed by atoms with Gasteiger partial charge in [-0.1, -0.05) is 123 Å². The second-order valence-electron chi connectivity index (χ2n) is 6.30. The molecule has 3 N–H and O–H groups in total. The van der Waals surface area contributed by atoms with Crippen LogP contribution in [0.15, 0.2) is 0 Å². The van der Waals surface area contributed by atoms with E-state index in [-0.39, 0.29) is 30.1 Å². The van der Waals surface area contributed by atoms with Crippen molar-refractivity contribution in [2.45, 2.75) is 123 Å². The van der Waals surface area contributed by atoms with Crippen LogP contribution in [0.25, 0.3) is 0 Å². The van der Waals surface area contributed by atoms with Crippen LogP contribution in [0.1, 0.15) is 123 Å². The lowest BCUT2D eigenvalue weighted by atomic mass is 10.0. The fourth-order valence-electron chi connectivity index (χ4n) is 2.80. The van der Waals surface area contributed by atoms with Crippen LogP contribution in [0.5, 0.6) is 0 Å². The molecule has 0 aliphatic rings. The largest absolute Gasteiger partial charge is 0.344 e. The van der Waals surface area contributed by atoms with Gasteiger partial charge in [-0.15, -0.1) is 24.0 Å². The van der Waals surface area contributed by atoms with E-state index in [9.17, 15) is 0 Å². The highest BCUT2D eigenvalue weighted by molar-refractivity contribution is 14.0. The Labute approximate surface area is 153 Å². The van der Waals surface area contributed by atoms with Gasteiger partial charge in [-0.2, -0.15) is 0 Å². The van der Waals surface area contributed by atoms with Gasteiger partial charge >= 0.3 is 0 Å². The van der Waals surface area contributed by atoms with Crippen LogP contribution in [0, 0.1) is 0 Å². The highest BCUT2D eigenvalue weighted by Crippen LogP contribution is 2.13. The van der Waals surface area contributed by atoms with Gasteiger partial charge < -0.3 is 6.15 Å². The maximum Gasteiger partial charge on any atom is -0.0533 e. The molecule has 0 bridgehead atoms. The summed E-state index contributed by atoms with van der Waals surface area (Å²) in [5, 5.41) is 0. The Bertz CT molecular complexity index is 135. The third-order valence-corrected chi connectivity index (χ3v) is 4.21. The first-order valence-corrected chi connectivity index (χ1v) is 9.41. The molecule has 21 heavy (non-hydrogen) atoms. The molecule has 0 amide bonds. The molecule has 0 aromatic carbocycles. The van der Waals surface area contributed by atoms with Gasteiger partial charge in [0, 0.05) is 0 Å². The first kappa shape index (κ1) is 26.6. The Balaban J connectivity index is -0.00000162. The quantitative estimate of drug-likeness (QED) is 0.200. The van der Waals surface area contributed by atoms with E-state index < -0.39 is 0 Å². The topological polar surface area (TPSA) is 35.0 Å². The predicted octanol–water partition coefficient (Wildman–Crippen LogP) is 8.44. The summed E-state index contributed by atoms with van der Waals surface area (Å²) in [6.07, 6.45) is 24.9. The summed E-state index contributed by atoms with van der Waals surface area (Å²) in [4.78, 5) is 0. The normalized spacial score (nSPS) is 10.0. The second kappa shape index (κ2) is 25.6. The van der Waals surface area contributed by atoms with Gasteiger partial charge in [-0.05, 0) is 0 Å². The van der Waals surface area contributed by atoms with E-state index in [2.05, 4.69) is 13.8 Å². The fraction of sp³-hybridized carbons (Fsp3) is 1.00. The van der Waals surface area contributed by atoms with Crippen molar-refractivity contribution in [1.29, 1.82) is 0 Å². The first-order chi connectivity index (χ1) is 9.41. The number of hydrogen-bond donors (Lipinski definition) is 1. The van der Waals surface area contributed by atoms with Crippen LogP contribution in [-0.4, -0.2) is 0 Å². The predicted molar refractivity (Wildman–Crippen MR) is 110 cm³/mol. The van der Waals surface area contributed by atoms with E-state index in [1.54, 1.807) is 0 Å². The summed E-state index contributed by atoms with van der Waals surface area (Å²) in [7, 11) is 0. The Morgan fingerprint density at radius 2 is 0.476 bits per heavy atom. The van der Waals surface area contributed by atoms with Gasteiger partial charge in [0.05, 0.1) is 0 Å². The molecular formula is C19H44IN. The Hall–Kier alpha value is 0.690. The van der Waals surface area contributed by atoms with E-state index in [1.165, 1.54) is 109 Å². The number of hydrogen-bond acceptors (Lipinski definition) is 1. The van der Waals surface area contributed by atoms with Crippen LogP contribution >= 0.6 is 24.0 Å². The number of rotatable bonds is 16. The minimum absolute atomic E-state index is 0. The molecule has 1 nitrogen and oxygen atoms in total. The average molecular weight is 413 g/mol. The summed E-state index contributed by atoms with van der Waals surface area (Å²) in [6.45, 7) is 4.59. The van der Waals surface area contributed by atoms with Gasteiger partial charge in [-0.25, -0.2) is 0 Å². The molecule has 0 rings (SSSR count). The van der Waals surface area contributed by atoms with Crippen molar-refractivity contribution in [2.24, 2.45) is 0 Å². The standard InChI is InChI=1S/C19H40.HI.H3N/c1-3-5-7-9-11-13-15-17-19-18-16-14-12-10-8-6-4-2;;/h3-19H2,1-2H3;1H;1H3. The summed E-state index contributed by atoms with van der Waals surface area (Å²) in [5.41, 5.74) is 0. The maximum atomic E-state index is 2.30. The number of unbranched alkanes of at least 4 members (excludes halogenated alkanes) is 16. The molecule has 0 fully saturated rings. The smallest absolute Gasteiger partial charge is 0.0533 e. The molecule has 0 saturated carbocycles. The molecule has 0 spiro atoms. The number of halogens is 1. The zero-order valence-electron chi connectivity index (χ0n) is 15.1. The summed E-state index contributed by atoms with van der Waals surface area (Å²) >= 11 is 0. The molecular weight excluding hydrogens is 369 g/mol. The minimum Gasteiger partial charge on any atom is -0.344 e. The maximum absolute atomic E-state index is 2.30. The highest BCUT2D eigenvalue weighted by Gasteiger charge is 1.94. The monoisotopic (exact) mass is 413 g/mol. The van der Waals surface area contributed by atoms with Crippen molar-refractivity contribution in [1.82, 2.24) is 6.15 Å². The third-order valence-electron chi connectivity index (χ3n) is 4.21. The molecule has 0 atom stereocenters. The van der Waals surface area contributed by atoms with Crippen molar-refractivity contribution < 1.29 is 0 Å². The molecule has 0 aromatic heterocycles. The van der Waals surface area contributed by atoms with Gasteiger partial charge in [-0.3, -0.25) is 0 Å². The Morgan fingerprint density at radius 3 is 0.619 bits per heavy atom. The molecule has 0 aliphatic heterocycles. The van der Waals surface area contributed by atoms with Crippen molar-refractivity contribution in [3.8, 4) is 0 Å². The van der Waals surface area contributed by atoms with Crippen LogP contribution in [0.3, 0.4) is 0 Å². The lowest BCUT2D eigenvalue weighted by Crippen LogP contribution is -1.83. The molecule has 0 heterocycles. The minimum atomic E-state index is 0. The highest BCUT2D eigenvalue weighted by atomic mass is 127. The molecule has 0 aliphatic carbocycles. The van der Waals surface area contributed by atoms with Crippen molar-refractivity contribution in [3.63, 3.8) is 0 Å². The van der Waals surface area contributed by atoms with Gasteiger partial charge in [0.15, 0.2) is 0 Å². The lowest BCUT2D eigenvalue weighted by molar-refractivity contribution is 0.529. The zero-order valence-corrected chi connectivity index (χ0v) is 17.5. The third kappa shape index (κ3) is 25.9. The summed E-state index contributed by atoms with van der Waals surface area (Å²) in [5.74, 6) is 0.